The van der Waals surface area contributed by atoms with Gasteiger partial charge in [0.2, 0.25) is 0 Å². The normalized spacial score (nSPS) is 13.5. The van der Waals surface area contributed by atoms with Crippen LogP contribution in [0.4, 0.5) is 13.2 Å². The third kappa shape index (κ3) is 7.06. The number of fused-ring (bicyclic) bond motifs is 1. The quantitative estimate of drug-likeness (QED) is 0.303. The van der Waals surface area contributed by atoms with E-state index in [9.17, 15) is 18.0 Å². The molecule has 0 N–H and O–H groups in total. The third-order valence-corrected chi connectivity index (χ3v) is 5.26. The van der Waals surface area contributed by atoms with Gasteiger partial charge in [-0.05, 0) is 30.4 Å². The molecule has 0 aliphatic rings. The van der Waals surface area contributed by atoms with Crippen LogP contribution < -0.4 is 10.4 Å². The summed E-state index contributed by atoms with van der Waals surface area (Å²) in [5, 5.41) is 0.0664. The highest BCUT2D eigenvalue weighted by Gasteiger charge is 2.23. The van der Waals surface area contributed by atoms with Gasteiger partial charge in [-0.25, -0.2) is 18.0 Å². The lowest BCUT2D eigenvalue weighted by Gasteiger charge is -2.13. The largest absolute Gasteiger partial charge is 0.490 e. The van der Waals surface area contributed by atoms with Crippen molar-refractivity contribution in [3.05, 3.63) is 40.2 Å². The molecular weight excluding hydrogens is 393 g/mol. The Bertz CT molecular complexity index is 834. The summed E-state index contributed by atoms with van der Waals surface area (Å²) in [4.78, 5) is 12.3. The fourth-order valence-electron chi connectivity index (χ4n) is 3.46. The van der Waals surface area contributed by atoms with Crippen LogP contribution >= 0.6 is 0 Å². The maximum absolute atomic E-state index is 14.7. The van der Waals surface area contributed by atoms with Gasteiger partial charge < -0.3 is 9.15 Å². The molecule has 168 valence electrons. The van der Waals surface area contributed by atoms with Gasteiger partial charge in [0.05, 0.1) is 6.61 Å². The second-order valence-electron chi connectivity index (χ2n) is 7.84. The highest BCUT2D eigenvalue weighted by Crippen LogP contribution is 2.26. The number of halogens is 3. The Hall–Kier alpha value is -1.98. The van der Waals surface area contributed by atoms with Crippen LogP contribution in [0.25, 0.3) is 10.8 Å². The zero-order valence-corrected chi connectivity index (χ0v) is 18.0. The van der Waals surface area contributed by atoms with E-state index in [2.05, 4.69) is 13.8 Å². The van der Waals surface area contributed by atoms with E-state index in [1.807, 2.05) is 0 Å². The van der Waals surface area contributed by atoms with Crippen LogP contribution in [0.3, 0.4) is 0 Å². The standard InChI is InChI=1S/C24H33F3O3/c1-3-5-7-8-9-11-19(25)20(26)16-18-15-17-12-13-21(29-14-10-6-4-2)23(27)22(17)24(28)30-18/h12-13,15,19-20H,3-11,14,16H2,1-2H3. The molecule has 3 nitrogen and oxygen atoms in total. The predicted octanol–water partition coefficient (Wildman–Crippen LogP) is 7.08. The molecule has 6 heteroatoms. The molecule has 0 saturated carbocycles. The summed E-state index contributed by atoms with van der Waals surface area (Å²) < 4.78 is 53.6. The Kier molecular flexibility index (Phi) is 10.2. The van der Waals surface area contributed by atoms with E-state index in [1.54, 1.807) is 6.07 Å². The smallest absolute Gasteiger partial charge is 0.346 e. The summed E-state index contributed by atoms with van der Waals surface area (Å²) in [5.41, 5.74) is -0.902. The van der Waals surface area contributed by atoms with Gasteiger partial charge in [0.25, 0.3) is 0 Å². The van der Waals surface area contributed by atoms with E-state index in [0.29, 0.717) is 18.4 Å². The molecule has 0 amide bonds. The minimum atomic E-state index is -1.76. The molecule has 0 bridgehead atoms. The lowest BCUT2D eigenvalue weighted by atomic mass is 10.0. The van der Waals surface area contributed by atoms with E-state index >= 15 is 0 Å². The maximum atomic E-state index is 14.7. The van der Waals surface area contributed by atoms with Gasteiger partial charge in [-0.3, -0.25) is 0 Å². The number of unbranched alkanes of at least 4 members (excludes halogenated alkanes) is 6. The molecule has 30 heavy (non-hydrogen) atoms. The lowest BCUT2D eigenvalue weighted by Crippen LogP contribution is -2.20. The third-order valence-electron chi connectivity index (χ3n) is 5.26. The first-order chi connectivity index (χ1) is 14.5. The molecule has 0 aliphatic heterocycles. The van der Waals surface area contributed by atoms with Gasteiger partial charge in [0.15, 0.2) is 11.6 Å². The summed E-state index contributed by atoms with van der Waals surface area (Å²) in [7, 11) is 0. The Morgan fingerprint density at radius 3 is 2.40 bits per heavy atom. The number of benzene rings is 1. The summed E-state index contributed by atoms with van der Waals surface area (Å²) >= 11 is 0. The van der Waals surface area contributed by atoms with Crippen molar-refractivity contribution in [1.29, 1.82) is 0 Å². The van der Waals surface area contributed by atoms with Crippen molar-refractivity contribution in [1.82, 2.24) is 0 Å². The van der Waals surface area contributed by atoms with Crippen molar-refractivity contribution in [2.45, 2.75) is 90.4 Å². The molecule has 0 radical (unpaired) electrons. The van der Waals surface area contributed by atoms with Gasteiger partial charge >= 0.3 is 5.63 Å². The molecule has 2 aromatic rings. The zero-order valence-electron chi connectivity index (χ0n) is 18.0. The van der Waals surface area contributed by atoms with Crippen molar-refractivity contribution >= 4 is 10.8 Å². The molecule has 1 heterocycles. The summed E-state index contributed by atoms with van der Waals surface area (Å²) in [5.74, 6) is -0.768. The Labute approximate surface area is 176 Å². The first kappa shape index (κ1) is 24.3. The number of ether oxygens (including phenoxy) is 1. The molecule has 1 aromatic heterocycles. The number of hydrogen-bond donors (Lipinski definition) is 0. The van der Waals surface area contributed by atoms with Crippen LogP contribution in [0.1, 0.15) is 77.4 Å². The molecule has 0 spiro atoms. The SMILES string of the molecule is CCCCCCCC(F)C(F)Cc1cc2ccc(OCCCCC)c(F)c2c(=O)o1. The average molecular weight is 427 g/mol. The molecule has 1 aromatic carbocycles. The first-order valence-electron chi connectivity index (χ1n) is 11.1. The topological polar surface area (TPSA) is 39.4 Å². The molecule has 2 atom stereocenters. The van der Waals surface area contributed by atoms with E-state index in [-0.39, 0.29) is 29.7 Å². The van der Waals surface area contributed by atoms with E-state index in [4.69, 9.17) is 9.15 Å². The fraction of sp³-hybridized carbons (Fsp3) is 0.625. The predicted molar refractivity (Wildman–Crippen MR) is 114 cm³/mol. The Morgan fingerprint density at radius 2 is 1.67 bits per heavy atom. The van der Waals surface area contributed by atoms with Gasteiger partial charge in [0.1, 0.15) is 23.5 Å². The van der Waals surface area contributed by atoms with Crippen molar-refractivity contribution in [2.24, 2.45) is 0 Å². The van der Waals surface area contributed by atoms with Crippen molar-refractivity contribution < 1.29 is 22.3 Å². The molecule has 2 unspecified atom stereocenters. The highest BCUT2D eigenvalue weighted by molar-refractivity contribution is 5.83. The van der Waals surface area contributed by atoms with Crippen LogP contribution in [0.2, 0.25) is 0 Å². The van der Waals surface area contributed by atoms with Gasteiger partial charge in [-0.1, -0.05) is 64.9 Å². The molecule has 0 saturated heterocycles. The minimum Gasteiger partial charge on any atom is -0.490 e. The van der Waals surface area contributed by atoms with Crippen LogP contribution in [-0.2, 0) is 6.42 Å². The Morgan fingerprint density at radius 1 is 0.967 bits per heavy atom. The van der Waals surface area contributed by atoms with Crippen molar-refractivity contribution in [3.63, 3.8) is 0 Å². The number of alkyl halides is 2. The van der Waals surface area contributed by atoms with E-state index < -0.39 is 23.8 Å². The molecule has 0 aliphatic carbocycles. The van der Waals surface area contributed by atoms with E-state index in [1.165, 1.54) is 12.1 Å². The lowest BCUT2D eigenvalue weighted by molar-refractivity contribution is 0.148. The van der Waals surface area contributed by atoms with Crippen LogP contribution in [0.15, 0.2) is 27.4 Å². The fourth-order valence-corrected chi connectivity index (χ4v) is 3.46. The summed E-state index contributed by atoms with van der Waals surface area (Å²) in [6, 6.07) is 4.40. The van der Waals surface area contributed by atoms with Crippen molar-refractivity contribution in [3.8, 4) is 5.75 Å². The summed E-state index contributed by atoms with van der Waals surface area (Å²) in [6.07, 6.45) is 3.95. The molecule has 2 rings (SSSR count). The average Bonchev–Trinajstić information content (AvgIpc) is 2.72. The second-order valence-corrected chi connectivity index (χ2v) is 7.84. The van der Waals surface area contributed by atoms with Crippen LogP contribution in [0.5, 0.6) is 5.75 Å². The van der Waals surface area contributed by atoms with Crippen molar-refractivity contribution in [2.75, 3.05) is 6.61 Å². The zero-order chi connectivity index (χ0) is 21.9. The monoisotopic (exact) mass is 426 g/mol. The van der Waals surface area contributed by atoms with Gasteiger partial charge in [-0.2, -0.15) is 0 Å². The first-order valence-corrected chi connectivity index (χ1v) is 11.1. The van der Waals surface area contributed by atoms with E-state index in [0.717, 1.165) is 44.9 Å². The van der Waals surface area contributed by atoms with Crippen LogP contribution in [0, 0.1) is 5.82 Å². The summed E-state index contributed by atoms with van der Waals surface area (Å²) in [6.45, 7) is 4.51. The number of hydrogen-bond acceptors (Lipinski definition) is 3. The Balaban J connectivity index is 2.02. The molecule has 0 fully saturated rings. The second kappa shape index (κ2) is 12.7. The minimum absolute atomic E-state index is 0.00563. The molecular formula is C24H33F3O3. The van der Waals surface area contributed by atoms with Gasteiger partial charge in [0, 0.05) is 6.42 Å². The van der Waals surface area contributed by atoms with Gasteiger partial charge in [-0.15, -0.1) is 0 Å². The maximum Gasteiger partial charge on any atom is 0.346 e. The number of rotatable bonds is 14. The highest BCUT2D eigenvalue weighted by atomic mass is 19.2. The van der Waals surface area contributed by atoms with Crippen LogP contribution in [-0.4, -0.2) is 19.0 Å².